The molecule has 1 aliphatic carbocycles. The summed E-state index contributed by atoms with van der Waals surface area (Å²) in [6.45, 7) is 3.14. The van der Waals surface area contributed by atoms with Gasteiger partial charge in [0.2, 0.25) is 5.76 Å². The van der Waals surface area contributed by atoms with E-state index in [0.29, 0.717) is 18.5 Å². The zero-order chi connectivity index (χ0) is 16.2. The summed E-state index contributed by atoms with van der Waals surface area (Å²) in [5.74, 6) is -1.28. The van der Waals surface area contributed by atoms with Gasteiger partial charge in [-0.05, 0) is 26.7 Å². The highest BCUT2D eigenvalue weighted by molar-refractivity contribution is 5.90. The van der Waals surface area contributed by atoms with Crippen LogP contribution in [-0.4, -0.2) is 28.7 Å². The van der Waals surface area contributed by atoms with Crippen LogP contribution in [0.4, 0.5) is 0 Å². The molecule has 1 aromatic rings. The molecule has 0 saturated heterocycles. The molecule has 0 spiro atoms. The molecule has 1 amide bonds. The van der Waals surface area contributed by atoms with E-state index >= 15 is 0 Å². The lowest BCUT2D eigenvalue weighted by atomic mass is 9.83. The first-order valence-electron chi connectivity index (χ1n) is 7.33. The Kier molecular flexibility index (Phi) is 4.81. The maximum Gasteiger partial charge on any atom is 0.377 e. The predicted octanol–water partition coefficient (Wildman–Crippen LogP) is 1.87. The summed E-state index contributed by atoms with van der Waals surface area (Å²) >= 11 is 0. The van der Waals surface area contributed by atoms with Gasteiger partial charge in [0.15, 0.2) is 6.10 Å². The Balaban J connectivity index is 1.94. The first-order chi connectivity index (χ1) is 10.5. The van der Waals surface area contributed by atoms with E-state index in [4.69, 9.17) is 9.26 Å². The molecule has 1 fully saturated rings. The summed E-state index contributed by atoms with van der Waals surface area (Å²) in [6, 6.07) is 3.63. The average Bonchev–Trinajstić information content (AvgIpc) is 2.94. The first-order valence-corrected chi connectivity index (χ1v) is 7.33. The van der Waals surface area contributed by atoms with Crippen LogP contribution in [0.3, 0.4) is 0 Å². The van der Waals surface area contributed by atoms with Crippen molar-refractivity contribution in [2.75, 3.05) is 0 Å². The number of carbonyl (C=O) groups is 2. The van der Waals surface area contributed by atoms with Crippen molar-refractivity contribution in [2.24, 2.45) is 0 Å². The number of aromatic nitrogens is 1. The van der Waals surface area contributed by atoms with Crippen molar-refractivity contribution in [1.29, 1.82) is 5.26 Å². The van der Waals surface area contributed by atoms with Crippen LogP contribution in [0.2, 0.25) is 0 Å². The van der Waals surface area contributed by atoms with Crippen LogP contribution < -0.4 is 5.32 Å². The maximum absolute atomic E-state index is 12.2. The zero-order valence-electron chi connectivity index (χ0n) is 12.7. The van der Waals surface area contributed by atoms with Crippen molar-refractivity contribution in [3.8, 4) is 6.07 Å². The molecule has 1 atom stereocenters. The number of esters is 1. The van der Waals surface area contributed by atoms with Gasteiger partial charge in [-0.1, -0.05) is 24.4 Å². The van der Waals surface area contributed by atoms with Crippen molar-refractivity contribution in [2.45, 2.75) is 57.6 Å². The van der Waals surface area contributed by atoms with Crippen LogP contribution in [0, 0.1) is 18.3 Å². The standard InChI is InChI=1S/C15H19N3O4/c1-10-8-12(22-18-10)14(20)21-11(2)13(19)17-15(9-16)6-4-3-5-7-15/h8,11H,3-7H2,1-2H3,(H,17,19)/t11-/m0/s1. The van der Waals surface area contributed by atoms with Crippen molar-refractivity contribution in [3.05, 3.63) is 17.5 Å². The summed E-state index contributed by atoms with van der Waals surface area (Å²) in [4.78, 5) is 24.0. The highest BCUT2D eigenvalue weighted by Gasteiger charge is 2.35. The summed E-state index contributed by atoms with van der Waals surface area (Å²) < 4.78 is 9.84. The summed E-state index contributed by atoms with van der Waals surface area (Å²) in [5, 5.41) is 15.6. The van der Waals surface area contributed by atoms with Crippen LogP contribution in [-0.2, 0) is 9.53 Å². The molecule has 1 aromatic heterocycles. The molecule has 2 rings (SSSR count). The van der Waals surface area contributed by atoms with Crippen molar-refractivity contribution in [3.63, 3.8) is 0 Å². The smallest absolute Gasteiger partial charge is 0.377 e. The monoisotopic (exact) mass is 305 g/mol. The number of hydrogen-bond donors (Lipinski definition) is 1. The summed E-state index contributed by atoms with van der Waals surface area (Å²) in [7, 11) is 0. The molecule has 1 heterocycles. The molecule has 118 valence electrons. The van der Waals surface area contributed by atoms with Gasteiger partial charge in [-0.2, -0.15) is 5.26 Å². The van der Waals surface area contributed by atoms with Gasteiger partial charge >= 0.3 is 5.97 Å². The zero-order valence-corrected chi connectivity index (χ0v) is 12.7. The highest BCUT2D eigenvalue weighted by Crippen LogP contribution is 2.27. The molecular formula is C15H19N3O4. The molecule has 0 aliphatic heterocycles. The molecular weight excluding hydrogens is 286 g/mol. The number of rotatable bonds is 4. The number of nitrogens with zero attached hydrogens (tertiary/aromatic N) is 2. The lowest BCUT2D eigenvalue weighted by Gasteiger charge is -2.32. The van der Waals surface area contributed by atoms with Crippen LogP contribution in [0.25, 0.3) is 0 Å². The SMILES string of the molecule is Cc1cc(C(=O)O[C@@H](C)C(=O)NC2(C#N)CCCCC2)on1. The normalized spacial score (nSPS) is 18.0. The van der Waals surface area contributed by atoms with E-state index in [1.807, 2.05) is 0 Å². The fourth-order valence-electron chi connectivity index (χ4n) is 2.49. The molecule has 1 N–H and O–H groups in total. The van der Waals surface area contributed by atoms with Crippen molar-refractivity contribution in [1.82, 2.24) is 10.5 Å². The Morgan fingerprint density at radius 3 is 2.68 bits per heavy atom. The van der Waals surface area contributed by atoms with E-state index in [-0.39, 0.29) is 5.76 Å². The number of ether oxygens (including phenoxy) is 1. The van der Waals surface area contributed by atoms with Gasteiger partial charge < -0.3 is 14.6 Å². The minimum absolute atomic E-state index is 0.0511. The number of amides is 1. The van der Waals surface area contributed by atoms with Gasteiger partial charge in [0.25, 0.3) is 5.91 Å². The van der Waals surface area contributed by atoms with Gasteiger partial charge in [0.1, 0.15) is 5.54 Å². The highest BCUT2D eigenvalue weighted by atomic mass is 16.6. The molecule has 7 heteroatoms. The van der Waals surface area contributed by atoms with E-state index in [9.17, 15) is 14.9 Å². The molecule has 1 aliphatic rings. The third-order valence-corrected chi connectivity index (χ3v) is 3.77. The van der Waals surface area contributed by atoms with Gasteiger partial charge in [-0.15, -0.1) is 0 Å². The Hall–Kier alpha value is -2.36. The summed E-state index contributed by atoms with van der Waals surface area (Å²) in [5.41, 5.74) is -0.298. The van der Waals surface area contributed by atoms with Gasteiger partial charge in [-0.3, -0.25) is 4.79 Å². The quantitative estimate of drug-likeness (QED) is 0.851. The Bertz CT molecular complexity index is 596. The molecule has 0 aromatic carbocycles. The van der Waals surface area contributed by atoms with E-state index in [1.165, 1.54) is 13.0 Å². The van der Waals surface area contributed by atoms with Crippen molar-refractivity contribution < 1.29 is 18.8 Å². The number of nitriles is 1. The third kappa shape index (κ3) is 3.64. The van der Waals surface area contributed by atoms with Gasteiger partial charge in [-0.25, -0.2) is 4.79 Å². The lowest BCUT2D eigenvalue weighted by molar-refractivity contribution is -0.130. The lowest BCUT2D eigenvalue weighted by Crippen LogP contribution is -2.52. The second-order valence-corrected chi connectivity index (χ2v) is 5.62. The van der Waals surface area contributed by atoms with Crippen molar-refractivity contribution >= 4 is 11.9 Å². The van der Waals surface area contributed by atoms with E-state index in [1.54, 1.807) is 6.92 Å². The average molecular weight is 305 g/mol. The Labute approximate surface area is 128 Å². The predicted molar refractivity (Wildman–Crippen MR) is 75.7 cm³/mol. The molecule has 0 bridgehead atoms. The topological polar surface area (TPSA) is 105 Å². The molecule has 0 radical (unpaired) electrons. The van der Waals surface area contributed by atoms with Gasteiger partial charge in [0, 0.05) is 6.07 Å². The van der Waals surface area contributed by atoms with E-state index in [0.717, 1.165) is 19.3 Å². The largest absolute Gasteiger partial charge is 0.447 e. The van der Waals surface area contributed by atoms with Crippen LogP contribution in [0.5, 0.6) is 0 Å². The Morgan fingerprint density at radius 2 is 2.14 bits per heavy atom. The van der Waals surface area contributed by atoms with E-state index < -0.39 is 23.5 Å². The van der Waals surface area contributed by atoms with Crippen LogP contribution in [0.15, 0.2) is 10.6 Å². The minimum Gasteiger partial charge on any atom is -0.447 e. The first kappa shape index (κ1) is 16.0. The molecule has 22 heavy (non-hydrogen) atoms. The number of aryl methyl sites for hydroxylation is 1. The fraction of sp³-hybridized carbons (Fsp3) is 0.600. The van der Waals surface area contributed by atoms with E-state index in [2.05, 4.69) is 16.5 Å². The molecule has 0 unspecified atom stereocenters. The molecule has 7 nitrogen and oxygen atoms in total. The Morgan fingerprint density at radius 1 is 1.45 bits per heavy atom. The summed E-state index contributed by atoms with van der Waals surface area (Å²) in [6.07, 6.45) is 3.10. The van der Waals surface area contributed by atoms with Gasteiger partial charge in [0.05, 0.1) is 11.8 Å². The third-order valence-electron chi connectivity index (χ3n) is 3.77. The molecule has 1 saturated carbocycles. The van der Waals surface area contributed by atoms with Crippen LogP contribution >= 0.6 is 0 Å². The minimum atomic E-state index is -1.01. The number of nitrogens with one attached hydrogen (secondary N) is 1. The fourth-order valence-corrected chi connectivity index (χ4v) is 2.49. The van der Waals surface area contributed by atoms with Crippen LogP contribution in [0.1, 0.15) is 55.3 Å². The number of carbonyl (C=O) groups excluding carboxylic acids is 2. The second kappa shape index (κ2) is 6.60. The second-order valence-electron chi connectivity index (χ2n) is 5.62. The maximum atomic E-state index is 12.2. The number of hydrogen-bond acceptors (Lipinski definition) is 6.